The van der Waals surface area contributed by atoms with Crippen molar-refractivity contribution in [1.29, 1.82) is 0 Å². The highest BCUT2D eigenvalue weighted by atomic mass is 32.2. The predicted octanol–water partition coefficient (Wildman–Crippen LogP) is 1.14. The molecule has 0 spiro atoms. The SMILES string of the molecule is COc1ncc(C(=O)N2CCC(N3CCSCC3)CC2)cn1. The average molecular weight is 322 g/mol. The van der Waals surface area contributed by atoms with Gasteiger partial charge in [-0.1, -0.05) is 0 Å². The maximum atomic E-state index is 12.5. The van der Waals surface area contributed by atoms with Crippen molar-refractivity contribution >= 4 is 17.7 Å². The van der Waals surface area contributed by atoms with Crippen molar-refractivity contribution in [3.05, 3.63) is 18.0 Å². The van der Waals surface area contributed by atoms with Crippen molar-refractivity contribution in [3.63, 3.8) is 0 Å². The van der Waals surface area contributed by atoms with Crippen LogP contribution in [0.3, 0.4) is 0 Å². The summed E-state index contributed by atoms with van der Waals surface area (Å²) in [5.74, 6) is 2.50. The molecule has 3 heterocycles. The summed E-state index contributed by atoms with van der Waals surface area (Å²) in [5.41, 5.74) is 0.536. The summed E-state index contributed by atoms with van der Waals surface area (Å²) in [6.07, 6.45) is 5.21. The quantitative estimate of drug-likeness (QED) is 0.832. The van der Waals surface area contributed by atoms with Gasteiger partial charge in [-0.25, -0.2) is 9.97 Å². The van der Waals surface area contributed by atoms with E-state index in [1.807, 2.05) is 16.7 Å². The van der Waals surface area contributed by atoms with Crippen molar-refractivity contribution < 1.29 is 9.53 Å². The Kier molecular flexibility index (Phi) is 5.15. The minimum Gasteiger partial charge on any atom is -0.467 e. The number of carbonyl (C=O) groups excluding carboxylic acids is 1. The van der Waals surface area contributed by atoms with E-state index < -0.39 is 0 Å². The summed E-state index contributed by atoms with van der Waals surface area (Å²) >= 11 is 2.04. The summed E-state index contributed by atoms with van der Waals surface area (Å²) in [7, 11) is 1.51. The largest absolute Gasteiger partial charge is 0.467 e. The fraction of sp³-hybridized carbons (Fsp3) is 0.667. The Morgan fingerprint density at radius 2 is 1.82 bits per heavy atom. The van der Waals surface area contributed by atoms with Gasteiger partial charge in [0.15, 0.2) is 0 Å². The maximum Gasteiger partial charge on any atom is 0.316 e. The second-order valence-electron chi connectivity index (χ2n) is 5.63. The van der Waals surface area contributed by atoms with E-state index in [0.29, 0.717) is 17.6 Å². The van der Waals surface area contributed by atoms with Crippen LogP contribution in [0.25, 0.3) is 0 Å². The molecular formula is C15H22N4O2S. The van der Waals surface area contributed by atoms with E-state index in [4.69, 9.17) is 4.74 Å². The van der Waals surface area contributed by atoms with Gasteiger partial charge in [0.1, 0.15) is 0 Å². The number of ether oxygens (including phenoxy) is 1. The van der Waals surface area contributed by atoms with Crippen LogP contribution < -0.4 is 4.74 Å². The molecule has 0 aliphatic carbocycles. The lowest BCUT2D eigenvalue weighted by Crippen LogP contribution is -2.49. The third-order valence-corrected chi connectivity index (χ3v) is 5.31. The van der Waals surface area contributed by atoms with E-state index in [1.165, 1.54) is 31.7 Å². The van der Waals surface area contributed by atoms with Crippen LogP contribution >= 0.6 is 11.8 Å². The minimum absolute atomic E-state index is 0.0234. The van der Waals surface area contributed by atoms with Gasteiger partial charge in [0.25, 0.3) is 5.91 Å². The number of hydrogen-bond donors (Lipinski definition) is 0. The van der Waals surface area contributed by atoms with Crippen LogP contribution in [0, 0.1) is 0 Å². The molecule has 0 N–H and O–H groups in total. The Bertz CT molecular complexity index is 497. The average Bonchev–Trinajstić information content (AvgIpc) is 2.62. The van der Waals surface area contributed by atoms with Gasteiger partial charge >= 0.3 is 6.01 Å². The van der Waals surface area contributed by atoms with Crippen molar-refractivity contribution in [2.75, 3.05) is 44.8 Å². The Hall–Kier alpha value is -1.34. The fourth-order valence-electron chi connectivity index (χ4n) is 3.09. The van der Waals surface area contributed by atoms with Crippen LogP contribution in [0.1, 0.15) is 23.2 Å². The first-order chi connectivity index (χ1) is 10.8. The van der Waals surface area contributed by atoms with E-state index in [1.54, 1.807) is 12.4 Å². The van der Waals surface area contributed by atoms with Crippen LogP contribution in [-0.4, -0.2) is 76.5 Å². The summed E-state index contributed by atoms with van der Waals surface area (Å²) in [4.78, 5) is 25.0. The molecule has 1 amide bonds. The van der Waals surface area contributed by atoms with Gasteiger partial charge in [0, 0.05) is 56.1 Å². The number of aromatic nitrogens is 2. The number of carbonyl (C=O) groups is 1. The zero-order chi connectivity index (χ0) is 15.4. The predicted molar refractivity (Wildman–Crippen MR) is 86.4 cm³/mol. The maximum absolute atomic E-state index is 12.5. The molecule has 0 saturated carbocycles. The van der Waals surface area contributed by atoms with Crippen molar-refractivity contribution in [2.45, 2.75) is 18.9 Å². The Labute approximate surface area is 135 Å². The lowest BCUT2D eigenvalue weighted by Gasteiger charge is -2.40. The van der Waals surface area contributed by atoms with E-state index in [9.17, 15) is 4.79 Å². The van der Waals surface area contributed by atoms with Crippen molar-refractivity contribution in [3.8, 4) is 6.01 Å². The molecule has 0 radical (unpaired) electrons. The van der Waals surface area contributed by atoms with Crippen molar-refractivity contribution in [2.24, 2.45) is 0 Å². The van der Waals surface area contributed by atoms with Crippen LogP contribution in [-0.2, 0) is 0 Å². The number of thioether (sulfide) groups is 1. The Morgan fingerprint density at radius 1 is 1.18 bits per heavy atom. The standard InChI is InChI=1S/C15H22N4O2S/c1-21-15-16-10-12(11-17-15)14(20)19-4-2-13(3-5-19)18-6-8-22-9-7-18/h10-11,13H,2-9H2,1H3. The highest BCUT2D eigenvalue weighted by molar-refractivity contribution is 7.99. The second kappa shape index (κ2) is 7.28. The first-order valence-corrected chi connectivity index (χ1v) is 8.90. The smallest absolute Gasteiger partial charge is 0.316 e. The van der Waals surface area contributed by atoms with E-state index in [0.717, 1.165) is 25.9 Å². The highest BCUT2D eigenvalue weighted by Crippen LogP contribution is 2.21. The molecule has 22 heavy (non-hydrogen) atoms. The number of hydrogen-bond acceptors (Lipinski definition) is 6. The molecule has 2 aliphatic rings. The molecule has 2 fully saturated rings. The molecule has 7 heteroatoms. The Morgan fingerprint density at radius 3 is 2.41 bits per heavy atom. The Balaban J connectivity index is 1.54. The first kappa shape index (κ1) is 15.6. The third kappa shape index (κ3) is 3.52. The molecule has 0 atom stereocenters. The van der Waals surface area contributed by atoms with Crippen molar-refractivity contribution in [1.82, 2.24) is 19.8 Å². The summed E-state index contributed by atoms with van der Waals surface area (Å²) in [6, 6.07) is 0.926. The van der Waals surface area contributed by atoms with Gasteiger partial charge in [-0.3, -0.25) is 9.69 Å². The zero-order valence-electron chi connectivity index (χ0n) is 12.9. The molecule has 6 nitrogen and oxygen atoms in total. The monoisotopic (exact) mass is 322 g/mol. The van der Waals surface area contributed by atoms with Gasteiger partial charge in [-0.05, 0) is 12.8 Å². The molecule has 2 saturated heterocycles. The number of likely N-dealkylation sites (tertiary alicyclic amines) is 1. The van der Waals surface area contributed by atoms with Gasteiger partial charge < -0.3 is 9.64 Å². The normalized spacial score (nSPS) is 20.9. The molecule has 1 aromatic rings. The number of methoxy groups -OCH3 is 1. The summed E-state index contributed by atoms with van der Waals surface area (Å²) < 4.78 is 4.92. The summed E-state index contributed by atoms with van der Waals surface area (Å²) in [5, 5.41) is 0. The lowest BCUT2D eigenvalue weighted by atomic mass is 10.0. The molecule has 2 aliphatic heterocycles. The molecule has 3 rings (SSSR count). The summed E-state index contributed by atoms with van der Waals surface area (Å²) in [6.45, 7) is 4.02. The van der Waals surface area contributed by atoms with Crippen LogP contribution in [0.5, 0.6) is 6.01 Å². The van der Waals surface area contributed by atoms with Crippen LogP contribution in [0.15, 0.2) is 12.4 Å². The highest BCUT2D eigenvalue weighted by Gasteiger charge is 2.28. The second-order valence-corrected chi connectivity index (χ2v) is 6.85. The number of nitrogens with zero attached hydrogens (tertiary/aromatic N) is 4. The lowest BCUT2D eigenvalue weighted by molar-refractivity contribution is 0.0630. The molecule has 120 valence electrons. The topological polar surface area (TPSA) is 58.6 Å². The molecule has 0 bridgehead atoms. The van der Waals surface area contributed by atoms with E-state index >= 15 is 0 Å². The van der Waals surface area contributed by atoms with Gasteiger partial charge in [0.05, 0.1) is 12.7 Å². The molecule has 0 aromatic carbocycles. The third-order valence-electron chi connectivity index (χ3n) is 4.37. The molecule has 1 aromatic heterocycles. The molecular weight excluding hydrogens is 300 g/mol. The van der Waals surface area contributed by atoms with E-state index in [-0.39, 0.29) is 5.91 Å². The first-order valence-electron chi connectivity index (χ1n) is 7.75. The minimum atomic E-state index is 0.0234. The number of amides is 1. The molecule has 0 unspecified atom stereocenters. The zero-order valence-corrected chi connectivity index (χ0v) is 13.7. The van der Waals surface area contributed by atoms with Gasteiger partial charge in [0.2, 0.25) is 0 Å². The number of piperidine rings is 1. The van der Waals surface area contributed by atoms with Crippen LogP contribution in [0.2, 0.25) is 0 Å². The fourth-order valence-corrected chi connectivity index (χ4v) is 4.02. The van der Waals surface area contributed by atoms with Gasteiger partial charge in [-0.2, -0.15) is 11.8 Å². The van der Waals surface area contributed by atoms with Gasteiger partial charge in [-0.15, -0.1) is 0 Å². The number of rotatable bonds is 3. The van der Waals surface area contributed by atoms with E-state index in [2.05, 4.69) is 14.9 Å². The van der Waals surface area contributed by atoms with Crippen LogP contribution in [0.4, 0.5) is 0 Å².